The van der Waals surface area contributed by atoms with E-state index in [-0.39, 0.29) is 5.82 Å². The lowest BCUT2D eigenvalue weighted by Crippen LogP contribution is -2.00. The maximum atomic E-state index is 13.8. The van der Waals surface area contributed by atoms with Gasteiger partial charge < -0.3 is 10.1 Å². The zero-order valence-corrected chi connectivity index (χ0v) is 18.1. The summed E-state index contributed by atoms with van der Waals surface area (Å²) in [5, 5.41) is 4.17. The van der Waals surface area contributed by atoms with E-state index < -0.39 is 0 Å². The minimum atomic E-state index is -0.248. The zero-order valence-electron chi connectivity index (χ0n) is 18.1. The molecule has 1 N–H and O–H groups in total. The molecule has 0 spiro atoms. The first kappa shape index (κ1) is 20.5. The highest BCUT2D eigenvalue weighted by Gasteiger charge is 2.12. The Kier molecular flexibility index (Phi) is 5.36. The summed E-state index contributed by atoms with van der Waals surface area (Å²) in [7, 11) is 1.59. The van der Waals surface area contributed by atoms with Gasteiger partial charge in [-0.25, -0.2) is 19.3 Å². The van der Waals surface area contributed by atoms with Crippen molar-refractivity contribution in [1.82, 2.24) is 19.9 Å². The molecule has 0 saturated carbocycles. The number of halogens is 1. The predicted octanol–water partition coefficient (Wildman–Crippen LogP) is 5.95. The number of nitrogens with zero attached hydrogens (tertiary/aromatic N) is 4. The molecule has 0 atom stereocenters. The molecule has 3 aromatic heterocycles. The first-order chi connectivity index (χ1) is 16.1. The van der Waals surface area contributed by atoms with Crippen molar-refractivity contribution in [3.8, 4) is 28.4 Å². The lowest BCUT2D eigenvalue weighted by Gasteiger charge is -2.13. The van der Waals surface area contributed by atoms with E-state index in [9.17, 15) is 4.39 Å². The van der Waals surface area contributed by atoms with Gasteiger partial charge >= 0.3 is 0 Å². The van der Waals surface area contributed by atoms with Crippen molar-refractivity contribution >= 4 is 22.4 Å². The van der Waals surface area contributed by atoms with Crippen LogP contribution >= 0.6 is 0 Å². The lowest BCUT2D eigenvalue weighted by molar-refractivity contribution is 0.398. The average molecular weight is 437 g/mol. The third kappa shape index (κ3) is 4.21. The van der Waals surface area contributed by atoms with Gasteiger partial charge in [0.1, 0.15) is 11.6 Å². The Hall–Kier alpha value is -4.39. The second kappa shape index (κ2) is 8.63. The van der Waals surface area contributed by atoms with Gasteiger partial charge in [0.2, 0.25) is 5.88 Å². The maximum absolute atomic E-state index is 13.8. The van der Waals surface area contributed by atoms with Crippen LogP contribution in [-0.4, -0.2) is 27.0 Å². The Morgan fingerprint density at radius 2 is 1.76 bits per heavy atom. The summed E-state index contributed by atoms with van der Waals surface area (Å²) in [6.07, 6.45) is 5.20. The monoisotopic (exact) mass is 437 g/mol. The average Bonchev–Trinajstić information content (AvgIpc) is 2.86. The number of benzene rings is 2. The molecule has 33 heavy (non-hydrogen) atoms. The minimum absolute atomic E-state index is 0.248. The number of fused-ring (bicyclic) bond motifs is 1. The SMILES string of the molecule is COc1ccc(-c2ccc3c(Nc4ccc(F)c(C)c4)nc(-c4cccnc4)nc3c2)cn1. The van der Waals surface area contributed by atoms with Crippen LogP contribution in [-0.2, 0) is 0 Å². The first-order valence-corrected chi connectivity index (χ1v) is 10.4. The quantitative estimate of drug-likeness (QED) is 0.366. The molecule has 5 rings (SSSR count). The summed E-state index contributed by atoms with van der Waals surface area (Å²) < 4.78 is 18.9. The van der Waals surface area contributed by atoms with Gasteiger partial charge in [-0.05, 0) is 66.6 Å². The molecule has 0 aliphatic rings. The molecule has 0 radical (unpaired) electrons. The summed E-state index contributed by atoms with van der Waals surface area (Å²) >= 11 is 0. The zero-order chi connectivity index (χ0) is 22.8. The van der Waals surface area contributed by atoms with Crippen LogP contribution in [0.1, 0.15) is 5.56 Å². The first-order valence-electron chi connectivity index (χ1n) is 10.4. The van der Waals surface area contributed by atoms with Gasteiger partial charge in [0.05, 0.1) is 12.6 Å². The molecule has 0 unspecified atom stereocenters. The summed E-state index contributed by atoms with van der Waals surface area (Å²) in [6, 6.07) is 18.4. The molecule has 0 aliphatic carbocycles. The van der Waals surface area contributed by atoms with Crippen LogP contribution in [0.15, 0.2) is 79.3 Å². The molecular weight excluding hydrogens is 417 g/mol. The molecule has 6 nitrogen and oxygen atoms in total. The Labute approximate surface area is 190 Å². The van der Waals surface area contributed by atoms with Gasteiger partial charge in [-0.15, -0.1) is 0 Å². The molecule has 0 bridgehead atoms. The highest BCUT2D eigenvalue weighted by molar-refractivity contribution is 5.94. The molecular formula is C26H20FN5O. The van der Waals surface area contributed by atoms with Gasteiger partial charge in [0.25, 0.3) is 0 Å². The van der Waals surface area contributed by atoms with Crippen molar-refractivity contribution in [3.63, 3.8) is 0 Å². The molecule has 0 aliphatic heterocycles. The Morgan fingerprint density at radius 3 is 2.48 bits per heavy atom. The van der Waals surface area contributed by atoms with Crippen LogP contribution in [0.5, 0.6) is 5.88 Å². The van der Waals surface area contributed by atoms with Crippen molar-refractivity contribution in [2.45, 2.75) is 6.92 Å². The molecule has 7 heteroatoms. The number of aryl methyl sites for hydroxylation is 1. The van der Waals surface area contributed by atoms with Gasteiger partial charge in [0.15, 0.2) is 5.82 Å². The molecule has 0 saturated heterocycles. The van der Waals surface area contributed by atoms with Crippen molar-refractivity contribution in [2.75, 3.05) is 12.4 Å². The second-order valence-corrected chi connectivity index (χ2v) is 7.55. The normalized spacial score (nSPS) is 10.9. The van der Waals surface area contributed by atoms with E-state index in [1.165, 1.54) is 6.07 Å². The number of ether oxygens (including phenoxy) is 1. The topological polar surface area (TPSA) is 72.8 Å². The van der Waals surface area contributed by atoms with E-state index in [1.54, 1.807) is 44.8 Å². The van der Waals surface area contributed by atoms with E-state index in [0.29, 0.717) is 23.1 Å². The summed E-state index contributed by atoms with van der Waals surface area (Å²) in [4.78, 5) is 18.1. The lowest BCUT2D eigenvalue weighted by atomic mass is 10.1. The Bertz CT molecular complexity index is 1440. The smallest absolute Gasteiger partial charge is 0.212 e. The van der Waals surface area contributed by atoms with E-state index in [0.717, 1.165) is 33.3 Å². The fourth-order valence-corrected chi connectivity index (χ4v) is 3.56. The Balaban J connectivity index is 1.64. The van der Waals surface area contributed by atoms with Crippen LogP contribution in [0, 0.1) is 12.7 Å². The molecule has 162 valence electrons. The number of methoxy groups -OCH3 is 1. The van der Waals surface area contributed by atoms with Crippen molar-refractivity contribution < 1.29 is 9.13 Å². The van der Waals surface area contributed by atoms with Gasteiger partial charge in [0, 0.05) is 46.9 Å². The fraction of sp³-hybridized carbons (Fsp3) is 0.0769. The Morgan fingerprint density at radius 1 is 0.879 bits per heavy atom. The molecule has 0 amide bonds. The predicted molar refractivity (Wildman–Crippen MR) is 127 cm³/mol. The van der Waals surface area contributed by atoms with E-state index in [2.05, 4.69) is 15.3 Å². The standard InChI is InChI=1S/C26H20FN5O/c1-16-12-20(7-9-22(16)27)30-26-21-8-5-17(18-6-10-24(33-2)29-15-18)13-23(21)31-25(32-26)19-4-3-11-28-14-19/h3-15H,1-2H3,(H,30,31,32). The van der Waals surface area contributed by atoms with Gasteiger partial charge in [-0.3, -0.25) is 4.98 Å². The number of hydrogen-bond acceptors (Lipinski definition) is 6. The minimum Gasteiger partial charge on any atom is -0.481 e. The number of pyridine rings is 2. The molecule has 2 aromatic carbocycles. The van der Waals surface area contributed by atoms with Crippen LogP contribution in [0.3, 0.4) is 0 Å². The number of anilines is 2. The number of aromatic nitrogens is 4. The van der Waals surface area contributed by atoms with Crippen LogP contribution in [0.4, 0.5) is 15.9 Å². The van der Waals surface area contributed by atoms with E-state index >= 15 is 0 Å². The van der Waals surface area contributed by atoms with Crippen molar-refractivity contribution in [1.29, 1.82) is 0 Å². The summed E-state index contributed by atoms with van der Waals surface area (Å²) in [5.41, 5.74) is 4.78. The number of rotatable bonds is 5. The molecule has 0 fully saturated rings. The highest BCUT2D eigenvalue weighted by atomic mass is 19.1. The van der Waals surface area contributed by atoms with Crippen molar-refractivity contribution in [3.05, 3.63) is 90.6 Å². The molecule has 3 heterocycles. The third-order valence-corrected chi connectivity index (χ3v) is 5.32. The third-order valence-electron chi connectivity index (χ3n) is 5.32. The van der Waals surface area contributed by atoms with Gasteiger partial charge in [-0.2, -0.15) is 0 Å². The van der Waals surface area contributed by atoms with Crippen LogP contribution in [0.2, 0.25) is 0 Å². The second-order valence-electron chi connectivity index (χ2n) is 7.55. The molecule has 5 aromatic rings. The van der Waals surface area contributed by atoms with E-state index in [4.69, 9.17) is 14.7 Å². The van der Waals surface area contributed by atoms with E-state index in [1.807, 2.05) is 42.5 Å². The highest BCUT2D eigenvalue weighted by Crippen LogP contribution is 2.31. The number of hydrogen-bond donors (Lipinski definition) is 1. The fourth-order valence-electron chi connectivity index (χ4n) is 3.56. The largest absolute Gasteiger partial charge is 0.481 e. The maximum Gasteiger partial charge on any atom is 0.212 e. The van der Waals surface area contributed by atoms with Crippen LogP contribution < -0.4 is 10.1 Å². The van der Waals surface area contributed by atoms with Crippen molar-refractivity contribution in [2.24, 2.45) is 0 Å². The van der Waals surface area contributed by atoms with Crippen LogP contribution in [0.25, 0.3) is 33.4 Å². The number of nitrogens with one attached hydrogen (secondary N) is 1. The summed E-state index contributed by atoms with van der Waals surface area (Å²) in [6.45, 7) is 1.73. The van der Waals surface area contributed by atoms with Gasteiger partial charge in [-0.1, -0.05) is 6.07 Å². The summed E-state index contributed by atoms with van der Waals surface area (Å²) in [5.74, 6) is 1.48.